The van der Waals surface area contributed by atoms with Crippen molar-refractivity contribution in [3.05, 3.63) is 78.0 Å². The Balaban J connectivity index is 1.94. The van der Waals surface area contributed by atoms with Crippen LogP contribution in [0.3, 0.4) is 0 Å². The van der Waals surface area contributed by atoms with Gasteiger partial charge in [-0.3, -0.25) is 4.79 Å². The maximum Gasteiger partial charge on any atom is 0.319 e. The van der Waals surface area contributed by atoms with E-state index in [4.69, 9.17) is 9.47 Å². The van der Waals surface area contributed by atoms with Crippen LogP contribution in [-0.2, 0) is 4.79 Å². The van der Waals surface area contributed by atoms with Crippen LogP contribution in [0, 0.1) is 0 Å². The van der Waals surface area contributed by atoms with Gasteiger partial charge in [-0.15, -0.1) is 0 Å². The van der Waals surface area contributed by atoms with Crippen LogP contribution in [0.1, 0.15) is 18.5 Å². The maximum absolute atomic E-state index is 13.1. The smallest absolute Gasteiger partial charge is 0.319 e. The Morgan fingerprint density at radius 2 is 2.03 bits per heavy atom. The zero-order valence-electron chi connectivity index (χ0n) is 16.3. The van der Waals surface area contributed by atoms with Crippen LogP contribution >= 0.6 is 0 Å². The lowest BCUT2D eigenvalue weighted by molar-refractivity contribution is -0.113. The van der Waals surface area contributed by atoms with E-state index in [2.05, 4.69) is 22.5 Å². The van der Waals surface area contributed by atoms with Gasteiger partial charge < -0.3 is 25.4 Å². The van der Waals surface area contributed by atoms with Crippen LogP contribution in [0.25, 0.3) is 0 Å². The third kappa shape index (κ3) is 4.57. The van der Waals surface area contributed by atoms with Gasteiger partial charge in [0.05, 0.1) is 24.4 Å². The van der Waals surface area contributed by atoms with Gasteiger partial charge in [0, 0.05) is 5.70 Å². The number of methoxy groups -OCH3 is 1. The average Bonchev–Trinajstić information content (AvgIpc) is 2.72. The minimum atomic E-state index is -0.634. The van der Waals surface area contributed by atoms with Gasteiger partial charge in [0.1, 0.15) is 18.1 Å². The molecule has 0 fully saturated rings. The number of anilines is 1. The summed E-state index contributed by atoms with van der Waals surface area (Å²) in [5.74, 6) is 0.822. The summed E-state index contributed by atoms with van der Waals surface area (Å²) >= 11 is 0. The number of hydrogen-bond donors (Lipinski definition) is 3. The lowest BCUT2D eigenvalue weighted by Crippen LogP contribution is -2.46. The van der Waals surface area contributed by atoms with Crippen molar-refractivity contribution in [3.63, 3.8) is 0 Å². The van der Waals surface area contributed by atoms with E-state index >= 15 is 0 Å². The number of rotatable bonds is 7. The van der Waals surface area contributed by atoms with E-state index in [0.29, 0.717) is 35.1 Å². The normalized spacial score (nSPS) is 15.8. The minimum Gasteiger partial charge on any atom is -0.495 e. The molecule has 1 atom stereocenters. The van der Waals surface area contributed by atoms with Crippen molar-refractivity contribution in [2.45, 2.75) is 13.0 Å². The topological polar surface area (TPSA) is 88.7 Å². The molecule has 0 bridgehead atoms. The Labute approximate surface area is 169 Å². The van der Waals surface area contributed by atoms with E-state index in [1.807, 2.05) is 18.2 Å². The molecular weight excluding hydrogens is 370 g/mol. The molecule has 1 aliphatic rings. The second kappa shape index (κ2) is 8.97. The lowest BCUT2D eigenvalue weighted by Gasteiger charge is -2.29. The highest BCUT2D eigenvalue weighted by Gasteiger charge is 2.31. The summed E-state index contributed by atoms with van der Waals surface area (Å²) in [6.45, 7) is 5.69. The summed E-state index contributed by atoms with van der Waals surface area (Å²) in [4.78, 5) is 25.2. The number of carbonyl (C=O) groups excluding carboxylic acids is 2. The first-order valence-corrected chi connectivity index (χ1v) is 9.09. The number of amides is 3. The average molecular weight is 393 g/mol. The van der Waals surface area contributed by atoms with E-state index in [1.54, 1.807) is 43.3 Å². The third-order valence-corrected chi connectivity index (χ3v) is 4.43. The molecule has 29 heavy (non-hydrogen) atoms. The van der Waals surface area contributed by atoms with Gasteiger partial charge in [-0.25, -0.2) is 4.79 Å². The Morgan fingerprint density at radius 3 is 2.79 bits per heavy atom. The highest BCUT2D eigenvalue weighted by atomic mass is 16.5. The third-order valence-electron chi connectivity index (χ3n) is 4.43. The van der Waals surface area contributed by atoms with Gasteiger partial charge in [0.25, 0.3) is 5.91 Å². The molecule has 7 heteroatoms. The van der Waals surface area contributed by atoms with Crippen LogP contribution in [0.2, 0.25) is 0 Å². The second-order valence-electron chi connectivity index (χ2n) is 6.40. The number of nitrogens with one attached hydrogen (secondary N) is 3. The predicted octanol–water partition coefficient (Wildman–Crippen LogP) is 3.53. The zero-order chi connectivity index (χ0) is 20.8. The van der Waals surface area contributed by atoms with E-state index in [-0.39, 0.29) is 11.9 Å². The van der Waals surface area contributed by atoms with Crippen LogP contribution in [-0.4, -0.2) is 25.7 Å². The molecule has 150 valence electrons. The van der Waals surface area contributed by atoms with Gasteiger partial charge in [0.2, 0.25) is 0 Å². The number of carbonyl (C=O) groups is 2. The molecule has 3 rings (SSSR count). The highest BCUT2D eigenvalue weighted by molar-refractivity contribution is 6.07. The Kier molecular flexibility index (Phi) is 6.19. The summed E-state index contributed by atoms with van der Waals surface area (Å²) in [6.07, 6.45) is 1.65. The molecule has 0 saturated heterocycles. The largest absolute Gasteiger partial charge is 0.495 e. The Hall–Kier alpha value is -3.74. The molecule has 0 saturated carbocycles. The fourth-order valence-corrected chi connectivity index (χ4v) is 3.12. The minimum absolute atomic E-state index is 0.345. The van der Waals surface area contributed by atoms with Crippen molar-refractivity contribution < 1.29 is 19.1 Å². The van der Waals surface area contributed by atoms with Gasteiger partial charge in [-0.2, -0.15) is 0 Å². The predicted molar refractivity (Wildman–Crippen MR) is 111 cm³/mol. The number of ether oxygens (including phenoxy) is 2. The first-order chi connectivity index (χ1) is 14.0. The number of benzene rings is 2. The Bertz CT molecular complexity index is 968. The molecule has 2 aromatic rings. The van der Waals surface area contributed by atoms with Crippen LogP contribution < -0.4 is 25.4 Å². The van der Waals surface area contributed by atoms with Gasteiger partial charge in [-0.05, 0) is 36.8 Å². The van der Waals surface area contributed by atoms with Crippen molar-refractivity contribution >= 4 is 17.6 Å². The number of allylic oxidation sites excluding steroid dienone is 1. The molecule has 7 nitrogen and oxygen atoms in total. The van der Waals surface area contributed by atoms with Crippen LogP contribution in [0.15, 0.2) is 72.5 Å². The fraction of sp³-hybridized carbons (Fsp3) is 0.182. The maximum atomic E-state index is 13.1. The summed E-state index contributed by atoms with van der Waals surface area (Å²) in [7, 11) is 1.54. The Morgan fingerprint density at radius 1 is 1.24 bits per heavy atom. The van der Waals surface area contributed by atoms with Gasteiger partial charge >= 0.3 is 6.03 Å². The highest BCUT2D eigenvalue weighted by Crippen LogP contribution is 2.31. The van der Waals surface area contributed by atoms with Gasteiger partial charge in [0.15, 0.2) is 0 Å². The number of urea groups is 1. The molecule has 0 radical (unpaired) electrons. The molecule has 0 aliphatic carbocycles. The molecule has 3 amide bonds. The SMILES string of the molecule is C=CCOc1cccc([C@H]2NC(=O)NC(C)=C2C(=O)Nc2ccccc2OC)c1. The molecule has 0 aromatic heterocycles. The molecule has 1 aliphatic heterocycles. The van der Waals surface area contributed by atoms with Crippen molar-refractivity contribution in [3.8, 4) is 11.5 Å². The number of hydrogen-bond acceptors (Lipinski definition) is 4. The molecule has 3 N–H and O–H groups in total. The molecule has 2 aromatic carbocycles. The standard InChI is InChI=1S/C22H23N3O4/c1-4-12-29-16-9-7-8-15(13-16)20-19(14(2)23-22(27)25-20)21(26)24-17-10-5-6-11-18(17)28-3/h4-11,13,20H,1,12H2,2-3H3,(H,24,26)(H2,23,25,27)/t20-/m1/s1. The first-order valence-electron chi connectivity index (χ1n) is 9.09. The van der Waals surface area contributed by atoms with Crippen molar-refractivity contribution in [2.75, 3.05) is 19.0 Å². The van der Waals surface area contributed by atoms with E-state index in [9.17, 15) is 9.59 Å². The number of para-hydroxylation sites is 2. The molecule has 1 heterocycles. The molecule has 0 unspecified atom stereocenters. The first kappa shape index (κ1) is 20.0. The molecular formula is C22H23N3O4. The monoisotopic (exact) mass is 393 g/mol. The van der Waals surface area contributed by atoms with Crippen LogP contribution in [0.5, 0.6) is 11.5 Å². The van der Waals surface area contributed by atoms with Crippen molar-refractivity contribution in [1.29, 1.82) is 0 Å². The van der Waals surface area contributed by atoms with E-state index in [0.717, 1.165) is 5.56 Å². The fourth-order valence-electron chi connectivity index (χ4n) is 3.12. The summed E-state index contributed by atoms with van der Waals surface area (Å²) in [5, 5.41) is 8.35. The van der Waals surface area contributed by atoms with Gasteiger partial charge in [-0.1, -0.05) is 36.9 Å². The van der Waals surface area contributed by atoms with Crippen molar-refractivity contribution in [2.24, 2.45) is 0 Å². The molecule has 0 spiro atoms. The van der Waals surface area contributed by atoms with E-state index in [1.165, 1.54) is 7.11 Å². The van der Waals surface area contributed by atoms with E-state index < -0.39 is 6.04 Å². The summed E-state index contributed by atoms with van der Waals surface area (Å²) in [6, 6.07) is 13.4. The van der Waals surface area contributed by atoms with Crippen molar-refractivity contribution in [1.82, 2.24) is 10.6 Å². The summed E-state index contributed by atoms with van der Waals surface area (Å²) in [5.41, 5.74) is 2.14. The zero-order valence-corrected chi connectivity index (χ0v) is 16.3. The quantitative estimate of drug-likeness (QED) is 0.628. The second-order valence-corrected chi connectivity index (χ2v) is 6.40. The van der Waals surface area contributed by atoms with Crippen LogP contribution in [0.4, 0.5) is 10.5 Å². The summed E-state index contributed by atoms with van der Waals surface area (Å²) < 4.78 is 10.9. The lowest BCUT2D eigenvalue weighted by atomic mass is 9.94.